The van der Waals surface area contributed by atoms with Crippen LogP contribution in [0.3, 0.4) is 0 Å². The maximum atomic E-state index is 11.9. The summed E-state index contributed by atoms with van der Waals surface area (Å²) in [6.45, 7) is 0.803. The van der Waals surface area contributed by atoms with Gasteiger partial charge in [-0.15, -0.1) is 11.3 Å². The molecule has 3 nitrogen and oxygen atoms in total. The number of aliphatic carboxylic acids is 1. The van der Waals surface area contributed by atoms with Gasteiger partial charge in [-0.05, 0) is 48.5 Å². The second-order valence-electron chi connectivity index (χ2n) is 6.70. The summed E-state index contributed by atoms with van der Waals surface area (Å²) in [5.41, 5.74) is 1.13. The fraction of sp³-hybridized carbons (Fsp3) is 0.286. The van der Waals surface area contributed by atoms with Crippen molar-refractivity contribution in [1.82, 2.24) is 4.90 Å². The van der Waals surface area contributed by atoms with E-state index >= 15 is 0 Å². The number of carboxylic acids is 1. The molecule has 0 bridgehead atoms. The van der Waals surface area contributed by atoms with Gasteiger partial charge in [0, 0.05) is 14.0 Å². The van der Waals surface area contributed by atoms with Crippen molar-refractivity contribution in [3.8, 4) is 0 Å². The fourth-order valence-corrected chi connectivity index (χ4v) is 5.56. The fourth-order valence-electron chi connectivity index (χ4n) is 3.86. The summed E-state index contributed by atoms with van der Waals surface area (Å²) >= 11 is 5.45. The number of nitrogens with zero attached hydrogens (tertiary/aromatic N) is 1. The summed E-state index contributed by atoms with van der Waals surface area (Å²) in [7, 11) is 0. The smallest absolute Gasteiger partial charge is 0.320 e. The molecular formula is C21H20BrNO2S. The second kappa shape index (κ2) is 7.51. The molecule has 0 spiro atoms. The Kier molecular flexibility index (Phi) is 5.11. The first kappa shape index (κ1) is 17.7. The third-order valence-corrected chi connectivity index (χ3v) is 6.97. The van der Waals surface area contributed by atoms with Gasteiger partial charge in [0.2, 0.25) is 0 Å². The lowest BCUT2D eigenvalue weighted by atomic mass is 9.95. The zero-order chi connectivity index (χ0) is 18.1. The quantitative estimate of drug-likeness (QED) is 0.578. The van der Waals surface area contributed by atoms with Crippen LogP contribution in [0.25, 0.3) is 10.1 Å². The Morgan fingerprint density at radius 2 is 1.92 bits per heavy atom. The van der Waals surface area contributed by atoms with Gasteiger partial charge >= 0.3 is 5.97 Å². The topological polar surface area (TPSA) is 40.5 Å². The number of carboxylic acid groups (broad SMARTS) is 1. The Balaban J connectivity index is 1.86. The van der Waals surface area contributed by atoms with E-state index in [-0.39, 0.29) is 6.04 Å². The molecule has 2 atom stereocenters. The number of carbonyl (C=O) groups is 1. The number of rotatable bonds is 4. The van der Waals surface area contributed by atoms with Crippen LogP contribution in [0.15, 0.2) is 59.1 Å². The summed E-state index contributed by atoms with van der Waals surface area (Å²) in [6, 6.07) is 18.3. The molecule has 4 rings (SSSR count). The number of halogens is 1. The molecule has 1 N–H and O–H groups in total. The van der Waals surface area contributed by atoms with Crippen LogP contribution in [0.4, 0.5) is 0 Å². The normalized spacial score (nSPS) is 19.5. The third kappa shape index (κ3) is 3.31. The summed E-state index contributed by atoms with van der Waals surface area (Å²) in [5, 5.41) is 11.0. The minimum absolute atomic E-state index is 0.0515. The third-order valence-electron chi connectivity index (χ3n) is 5.07. The molecule has 3 aromatic rings. The van der Waals surface area contributed by atoms with Crippen molar-refractivity contribution >= 4 is 43.3 Å². The molecule has 1 aliphatic rings. The van der Waals surface area contributed by atoms with E-state index < -0.39 is 12.0 Å². The van der Waals surface area contributed by atoms with E-state index in [1.165, 1.54) is 15.0 Å². The lowest BCUT2D eigenvalue weighted by molar-refractivity contribution is -0.145. The molecule has 5 heteroatoms. The number of hydrogen-bond donors (Lipinski definition) is 1. The van der Waals surface area contributed by atoms with Crippen LogP contribution in [-0.2, 0) is 4.79 Å². The van der Waals surface area contributed by atoms with Crippen molar-refractivity contribution in [3.63, 3.8) is 0 Å². The van der Waals surface area contributed by atoms with Crippen molar-refractivity contribution in [2.24, 2.45) is 0 Å². The highest BCUT2D eigenvalue weighted by Crippen LogP contribution is 2.41. The van der Waals surface area contributed by atoms with Crippen LogP contribution in [0.5, 0.6) is 0 Å². The largest absolute Gasteiger partial charge is 0.480 e. The van der Waals surface area contributed by atoms with Gasteiger partial charge in [-0.1, -0.05) is 58.7 Å². The van der Waals surface area contributed by atoms with Crippen molar-refractivity contribution in [2.75, 3.05) is 6.54 Å². The van der Waals surface area contributed by atoms with E-state index in [9.17, 15) is 9.90 Å². The van der Waals surface area contributed by atoms with Gasteiger partial charge in [-0.25, -0.2) is 0 Å². The predicted molar refractivity (Wildman–Crippen MR) is 110 cm³/mol. The van der Waals surface area contributed by atoms with Crippen LogP contribution < -0.4 is 0 Å². The SMILES string of the molecule is O=C(O)C1CCCCN1C(c1cc2ccccc2s1)c1ccccc1Br. The number of piperidine rings is 1. The lowest BCUT2D eigenvalue weighted by Crippen LogP contribution is -2.46. The minimum Gasteiger partial charge on any atom is -0.480 e. The molecule has 1 aromatic heterocycles. The molecule has 0 aliphatic carbocycles. The molecule has 2 aromatic carbocycles. The van der Waals surface area contributed by atoms with Crippen LogP contribution in [-0.4, -0.2) is 28.6 Å². The van der Waals surface area contributed by atoms with Gasteiger partial charge < -0.3 is 5.11 Å². The van der Waals surface area contributed by atoms with E-state index in [1.54, 1.807) is 11.3 Å². The van der Waals surface area contributed by atoms with Crippen LogP contribution >= 0.6 is 27.3 Å². The summed E-state index contributed by atoms with van der Waals surface area (Å²) < 4.78 is 2.26. The number of likely N-dealkylation sites (tertiary alicyclic amines) is 1. The van der Waals surface area contributed by atoms with Crippen LogP contribution in [0, 0.1) is 0 Å². The lowest BCUT2D eigenvalue weighted by Gasteiger charge is -2.39. The first-order valence-electron chi connectivity index (χ1n) is 8.86. The van der Waals surface area contributed by atoms with Crippen molar-refractivity contribution in [2.45, 2.75) is 31.3 Å². The molecule has 134 valence electrons. The Morgan fingerprint density at radius 3 is 2.69 bits per heavy atom. The molecule has 0 amide bonds. The highest BCUT2D eigenvalue weighted by molar-refractivity contribution is 9.10. The first-order valence-corrected chi connectivity index (χ1v) is 10.5. The van der Waals surface area contributed by atoms with Gasteiger partial charge in [0.15, 0.2) is 0 Å². The summed E-state index contributed by atoms with van der Waals surface area (Å²) in [6.07, 6.45) is 2.72. The number of fused-ring (bicyclic) bond motifs is 1. The van der Waals surface area contributed by atoms with E-state index in [4.69, 9.17) is 0 Å². The van der Waals surface area contributed by atoms with Crippen molar-refractivity contribution < 1.29 is 9.90 Å². The van der Waals surface area contributed by atoms with Gasteiger partial charge in [0.05, 0.1) is 6.04 Å². The first-order chi connectivity index (χ1) is 12.6. The molecule has 0 radical (unpaired) electrons. The van der Waals surface area contributed by atoms with Gasteiger partial charge in [0.1, 0.15) is 6.04 Å². The van der Waals surface area contributed by atoms with Gasteiger partial charge in [-0.3, -0.25) is 9.69 Å². The van der Waals surface area contributed by atoms with Gasteiger partial charge in [0.25, 0.3) is 0 Å². The molecule has 0 saturated carbocycles. The predicted octanol–water partition coefficient (Wildman–Crippen LogP) is 5.69. The maximum Gasteiger partial charge on any atom is 0.320 e. The van der Waals surface area contributed by atoms with Crippen LogP contribution in [0.2, 0.25) is 0 Å². The zero-order valence-electron chi connectivity index (χ0n) is 14.3. The van der Waals surface area contributed by atoms with E-state index in [0.717, 1.165) is 29.4 Å². The molecule has 2 unspecified atom stereocenters. The van der Waals surface area contributed by atoms with Crippen LogP contribution in [0.1, 0.15) is 35.7 Å². The summed E-state index contributed by atoms with van der Waals surface area (Å²) in [4.78, 5) is 15.3. The summed E-state index contributed by atoms with van der Waals surface area (Å²) in [5.74, 6) is -0.720. The minimum atomic E-state index is -0.720. The van der Waals surface area contributed by atoms with Crippen molar-refractivity contribution in [1.29, 1.82) is 0 Å². The zero-order valence-corrected chi connectivity index (χ0v) is 16.7. The molecular weight excluding hydrogens is 410 g/mol. The van der Waals surface area contributed by atoms with Gasteiger partial charge in [-0.2, -0.15) is 0 Å². The Hall–Kier alpha value is -1.69. The highest BCUT2D eigenvalue weighted by atomic mass is 79.9. The van der Waals surface area contributed by atoms with E-state index in [2.05, 4.69) is 51.2 Å². The molecule has 1 aliphatic heterocycles. The van der Waals surface area contributed by atoms with E-state index in [1.807, 2.05) is 24.3 Å². The number of hydrogen-bond acceptors (Lipinski definition) is 3. The number of thiophene rings is 1. The highest BCUT2D eigenvalue weighted by Gasteiger charge is 2.36. The van der Waals surface area contributed by atoms with Crippen molar-refractivity contribution in [3.05, 3.63) is 69.5 Å². The Labute approximate surface area is 165 Å². The number of benzene rings is 2. The monoisotopic (exact) mass is 429 g/mol. The standard InChI is InChI=1S/C21H20BrNO2S/c22-16-9-3-2-8-15(16)20(23-12-6-5-10-17(23)21(24)25)19-13-14-7-1-4-11-18(14)26-19/h1-4,7-9,11,13,17,20H,5-6,10,12H2,(H,24,25). The molecule has 2 heterocycles. The van der Waals surface area contributed by atoms with E-state index in [0.29, 0.717) is 6.42 Å². The Morgan fingerprint density at radius 1 is 1.15 bits per heavy atom. The average molecular weight is 430 g/mol. The average Bonchev–Trinajstić information content (AvgIpc) is 3.07. The maximum absolute atomic E-state index is 11.9. The molecule has 1 saturated heterocycles. The second-order valence-corrected chi connectivity index (χ2v) is 8.67. The molecule has 26 heavy (non-hydrogen) atoms. The Bertz CT molecular complexity index is 905. The molecule has 1 fully saturated rings.